The molecule has 2 aromatic rings. The first-order valence-electron chi connectivity index (χ1n) is 6.36. The lowest BCUT2D eigenvalue weighted by molar-refractivity contribution is -0.121. The van der Waals surface area contributed by atoms with Crippen molar-refractivity contribution in [3.8, 4) is 10.7 Å². The summed E-state index contributed by atoms with van der Waals surface area (Å²) in [5.74, 6) is 0.966. The smallest absolute Gasteiger partial charge is 0.227 e. The molecule has 6 nitrogen and oxygen atoms in total. The van der Waals surface area contributed by atoms with Crippen molar-refractivity contribution in [3.63, 3.8) is 0 Å². The zero-order valence-electron chi connectivity index (χ0n) is 12.0. The number of aryl methyl sites for hydroxylation is 1. The summed E-state index contributed by atoms with van der Waals surface area (Å²) in [7, 11) is 0. The maximum Gasteiger partial charge on any atom is 0.227 e. The van der Waals surface area contributed by atoms with Crippen LogP contribution >= 0.6 is 23.7 Å². The van der Waals surface area contributed by atoms with Crippen LogP contribution in [0, 0.1) is 0 Å². The van der Waals surface area contributed by atoms with E-state index in [-0.39, 0.29) is 18.3 Å². The summed E-state index contributed by atoms with van der Waals surface area (Å²) >= 11 is 1.55. The normalized spacial score (nSPS) is 11.0. The Morgan fingerprint density at radius 3 is 2.90 bits per heavy atom. The summed E-state index contributed by atoms with van der Waals surface area (Å²) < 4.78 is 5.13. The van der Waals surface area contributed by atoms with Crippen LogP contribution in [0.3, 0.4) is 0 Å². The summed E-state index contributed by atoms with van der Waals surface area (Å²) in [6.45, 7) is 4.16. The number of aromatic nitrogens is 2. The quantitative estimate of drug-likeness (QED) is 0.845. The van der Waals surface area contributed by atoms with Crippen LogP contribution in [0.25, 0.3) is 10.7 Å². The Balaban J connectivity index is 0.00000220. The average Bonchev–Trinajstić information content (AvgIpc) is 3.03. The van der Waals surface area contributed by atoms with Crippen molar-refractivity contribution in [2.75, 3.05) is 6.54 Å². The van der Waals surface area contributed by atoms with E-state index < -0.39 is 5.54 Å². The van der Waals surface area contributed by atoms with Crippen molar-refractivity contribution in [1.29, 1.82) is 0 Å². The fourth-order valence-electron chi connectivity index (χ4n) is 1.50. The lowest BCUT2D eigenvalue weighted by Gasteiger charge is -2.18. The van der Waals surface area contributed by atoms with E-state index >= 15 is 0 Å². The molecule has 0 aliphatic carbocycles. The van der Waals surface area contributed by atoms with Crippen molar-refractivity contribution >= 4 is 29.7 Å². The van der Waals surface area contributed by atoms with Gasteiger partial charge in [-0.15, -0.1) is 23.7 Å². The molecule has 0 aliphatic heterocycles. The third-order valence-corrected chi connectivity index (χ3v) is 3.38. The minimum Gasteiger partial charge on any atom is -0.354 e. The average molecular weight is 331 g/mol. The van der Waals surface area contributed by atoms with Crippen molar-refractivity contribution in [2.45, 2.75) is 32.2 Å². The first-order chi connectivity index (χ1) is 9.44. The Morgan fingerprint density at radius 2 is 2.29 bits per heavy atom. The second kappa shape index (κ2) is 7.53. The number of carbonyl (C=O) groups excluding carboxylic acids is 1. The number of hydrogen-bond donors (Lipinski definition) is 2. The maximum atomic E-state index is 11.6. The highest BCUT2D eigenvalue weighted by Gasteiger charge is 2.14. The summed E-state index contributed by atoms with van der Waals surface area (Å²) in [5, 5.41) is 8.62. The number of hydrogen-bond acceptors (Lipinski definition) is 6. The third-order valence-electron chi connectivity index (χ3n) is 2.52. The van der Waals surface area contributed by atoms with Gasteiger partial charge in [-0.2, -0.15) is 4.98 Å². The van der Waals surface area contributed by atoms with Crippen LogP contribution in [0.15, 0.2) is 22.0 Å². The number of nitrogens with zero attached hydrogens (tertiary/aromatic N) is 2. The van der Waals surface area contributed by atoms with E-state index in [0.717, 1.165) is 4.88 Å². The summed E-state index contributed by atoms with van der Waals surface area (Å²) in [5.41, 5.74) is 5.38. The monoisotopic (exact) mass is 330 g/mol. The maximum absolute atomic E-state index is 11.6. The van der Waals surface area contributed by atoms with E-state index in [2.05, 4.69) is 15.5 Å². The molecule has 0 saturated heterocycles. The van der Waals surface area contributed by atoms with E-state index in [0.29, 0.717) is 31.1 Å². The molecule has 0 atom stereocenters. The molecule has 0 spiro atoms. The molecular formula is C13H19ClN4O2S. The number of nitrogens with two attached hydrogens (primary N) is 1. The van der Waals surface area contributed by atoms with Crippen molar-refractivity contribution in [2.24, 2.45) is 5.73 Å². The predicted molar refractivity (Wildman–Crippen MR) is 84.5 cm³/mol. The summed E-state index contributed by atoms with van der Waals surface area (Å²) in [4.78, 5) is 16.9. The molecule has 2 heterocycles. The molecule has 8 heteroatoms. The molecule has 0 bridgehead atoms. The fourth-order valence-corrected chi connectivity index (χ4v) is 2.15. The van der Waals surface area contributed by atoms with Crippen LogP contribution in [0.5, 0.6) is 0 Å². The number of amides is 1. The van der Waals surface area contributed by atoms with E-state index in [1.54, 1.807) is 11.3 Å². The highest BCUT2D eigenvalue weighted by atomic mass is 35.5. The SMILES string of the molecule is CC(C)(N)CNC(=O)CCc1nc(-c2cccs2)no1.Cl. The third kappa shape index (κ3) is 5.82. The Morgan fingerprint density at radius 1 is 1.52 bits per heavy atom. The Labute approximate surface area is 133 Å². The van der Waals surface area contributed by atoms with Crippen LogP contribution < -0.4 is 11.1 Å². The topological polar surface area (TPSA) is 94.0 Å². The second-order valence-corrected chi connectivity index (χ2v) is 6.20. The lowest BCUT2D eigenvalue weighted by Crippen LogP contribution is -2.45. The summed E-state index contributed by atoms with van der Waals surface area (Å²) in [6, 6.07) is 3.85. The van der Waals surface area contributed by atoms with Gasteiger partial charge in [-0.25, -0.2) is 0 Å². The predicted octanol–water partition coefficient (Wildman–Crippen LogP) is 2.01. The van der Waals surface area contributed by atoms with Gasteiger partial charge in [-0.3, -0.25) is 4.79 Å². The number of carbonyl (C=O) groups is 1. The van der Waals surface area contributed by atoms with Gasteiger partial charge in [0, 0.05) is 24.9 Å². The molecule has 116 valence electrons. The molecule has 0 aromatic carbocycles. The van der Waals surface area contributed by atoms with E-state index in [4.69, 9.17) is 10.3 Å². The van der Waals surface area contributed by atoms with Crippen LogP contribution in [0.1, 0.15) is 26.2 Å². The van der Waals surface area contributed by atoms with E-state index in [9.17, 15) is 4.79 Å². The van der Waals surface area contributed by atoms with Gasteiger partial charge < -0.3 is 15.6 Å². The summed E-state index contributed by atoms with van der Waals surface area (Å²) in [6.07, 6.45) is 0.733. The fraction of sp³-hybridized carbons (Fsp3) is 0.462. The molecule has 0 saturated carbocycles. The number of rotatable bonds is 6. The van der Waals surface area contributed by atoms with Crippen molar-refractivity contribution in [3.05, 3.63) is 23.4 Å². The molecule has 21 heavy (non-hydrogen) atoms. The lowest BCUT2D eigenvalue weighted by atomic mass is 10.1. The van der Waals surface area contributed by atoms with Crippen LogP contribution in [0.2, 0.25) is 0 Å². The molecule has 0 aliphatic rings. The van der Waals surface area contributed by atoms with E-state index in [1.165, 1.54) is 0 Å². The molecular weight excluding hydrogens is 312 g/mol. The first kappa shape index (κ1) is 17.6. The van der Waals surface area contributed by atoms with Gasteiger partial charge >= 0.3 is 0 Å². The number of thiophene rings is 1. The van der Waals surface area contributed by atoms with Gasteiger partial charge in [0.1, 0.15) is 0 Å². The highest BCUT2D eigenvalue weighted by molar-refractivity contribution is 7.13. The molecule has 2 aromatic heterocycles. The van der Waals surface area contributed by atoms with Gasteiger partial charge in [-0.1, -0.05) is 11.2 Å². The standard InChI is InChI=1S/C13H18N4O2S.ClH/c1-13(2,14)8-15-10(18)5-6-11-16-12(17-19-11)9-4-3-7-20-9;/h3-4,7H,5-6,8,14H2,1-2H3,(H,15,18);1H. The van der Waals surface area contributed by atoms with Gasteiger partial charge in [0.25, 0.3) is 0 Å². The Kier molecular flexibility index (Phi) is 6.32. The Hall–Kier alpha value is -1.44. The molecule has 3 N–H and O–H groups in total. The zero-order chi connectivity index (χ0) is 14.6. The number of halogens is 1. The second-order valence-electron chi connectivity index (χ2n) is 5.25. The molecule has 2 rings (SSSR count). The number of nitrogens with one attached hydrogen (secondary N) is 1. The molecule has 0 radical (unpaired) electrons. The van der Waals surface area contributed by atoms with Gasteiger partial charge in [-0.05, 0) is 25.3 Å². The van der Waals surface area contributed by atoms with E-state index in [1.807, 2.05) is 31.4 Å². The van der Waals surface area contributed by atoms with Crippen LogP contribution in [-0.4, -0.2) is 28.1 Å². The Bertz CT molecular complexity index is 563. The van der Waals surface area contributed by atoms with Crippen LogP contribution in [-0.2, 0) is 11.2 Å². The van der Waals surface area contributed by atoms with Gasteiger partial charge in [0.05, 0.1) is 4.88 Å². The van der Waals surface area contributed by atoms with Crippen molar-refractivity contribution < 1.29 is 9.32 Å². The largest absolute Gasteiger partial charge is 0.354 e. The molecule has 0 fully saturated rings. The first-order valence-corrected chi connectivity index (χ1v) is 7.24. The molecule has 0 unspecified atom stereocenters. The minimum absolute atomic E-state index is 0. The van der Waals surface area contributed by atoms with Crippen molar-refractivity contribution in [1.82, 2.24) is 15.5 Å². The highest BCUT2D eigenvalue weighted by Crippen LogP contribution is 2.21. The molecule has 1 amide bonds. The van der Waals surface area contributed by atoms with Gasteiger partial charge in [0.2, 0.25) is 17.6 Å². The van der Waals surface area contributed by atoms with Gasteiger partial charge in [0.15, 0.2) is 0 Å². The zero-order valence-corrected chi connectivity index (χ0v) is 13.6. The minimum atomic E-state index is -0.410. The van der Waals surface area contributed by atoms with Crippen LogP contribution in [0.4, 0.5) is 0 Å².